The number of hydrazone groups is 1. The number of halogens is 1. The highest BCUT2D eigenvalue weighted by molar-refractivity contribution is 8.15. The van der Waals surface area contributed by atoms with Crippen LogP contribution in [0, 0.1) is 6.92 Å². The van der Waals surface area contributed by atoms with E-state index < -0.39 is 5.25 Å². The minimum absolute atomic E-state index is 0.0141. The number of anilines is 1. The van der Waals surface area contributed by atoms with Crippen LogP contribution in [-0.4, -0.2) is 40.1 Å². The standard InChI is InChI=1S/C28H25ClN4O3S/c1-17-7-9-19(10-8-17)24-15-23(18-11-13-20(36-2)14-12-18)32-33(24)28-31-27(35)25(37-28)16-26(34)30-22-6-4-3-5-21(22)29/h3-14,24-25H,15-16H2,1-2H3,(H,30,34)/t24-,25+/m0/s1. The molecule has 0 spiro atoms. The number of amides is 2. The maximum Gasteiger partial charge on any atom is 0.262 e. The molecule has 0 aromatic heterocycles. The Labute approximate surface area is 224 Å². The van der Waals surface area contributed by atoms with Gasteiger partial charge in [-0.1, -0.05) is 65.3 Å². The van der Waals surface area contributed by atoms with Crippen molar-refractivity contribution in [1.82, 2.24) is 5.01 Å². The smallest absolute Gasteiger partial charge is 0.262 e. The average Bonchev–Trinajstić information content (AvgIpc) is 3.50. The molecule has 1 N–H and O–H groups in total. The molecule has 2 amide bonds. The second-order valence-electron chi connectivity index (χ2n) is 8.82. The number of nitrogens with one attached hydrogen (secondary N) is 1. The third kappa shape index (κ3) is 5.55. The third-order valence-electron chi connectivity index (χ3n) is 6.24. The average molecular weight is 533 g/mol. The SMILES string of the molecule is COc1ccc(C2=NN(C3=NC(=O)[C@@H](CC(=O)Nc4ccccc4Cl)S3)[C@H](c3ccc(C)cc3)C2)cc1. The zero-order chi connectivity index (χ0) is 25.9. The van der Waals surface area contributed by atoms with Gasteiger partial charge in [0.25, 0.3) is 5.91 Å². The monoisotopic (exact) mass is 532 g/mol. The molecule has 3 aromatic carbocycles. The van der Waals surface area contributed by atoms with Crippen LogP contribution in [0.4, 0.5) is 5.69 Å². The van der Waals surface area contributed by atoms with Gasteiger partial charge in [0.1, 0.15) is 11.0 Å². The zero-order valence-electron chi connectivity index (χ0n) is 20.3. The Hall–Kier alpha value is -3.62. The summed E-state index contributed by atoms with van der Waals surface area (Å²) >= 11 is 7.42. The fraction of sp³-hybridized carbons (Fsp3) is 0.214. The number of aliphatic imine (C=N–C) groups is 1. The molecule has 2 heterocycles. The van der Waals surface area contributed by atoms with Crippen LogP contribution in [-0.2, 0) is 9.59 Å². The van der Waals surface area contributed by atoms with Gasteiger partial charge < -0.3 is 10.1 Å². The van der Waals surface area contributed by atoms with Gasteiger partial charge in [-0.3, -0.25) is 9.59 Å². The molecule has 0 unspecified atom stereocenters. The zero-order valence-corrected chi connectivity index (χ0v) is 21.9. The predicted molar refractivity (Wildman–Crippen MR) is 148 cm³/mol. The van der Waals surface area contributed by atoms with Gasteiger partial charge in [0.15, 0.2) is 5.17 Å². The van der Waals surface area contributed by atoms with E-state index in [1.165, 1.54) is 11.8 Å². The van der Waals surface area contributed by atoms with E-state index in [1.807, 2.05) is 36.2 Å². The molecule has 2 atom stereocenters. The summed E-state index contributed by atoms with van der Waals surface area (Å²) in [5, 5.41) is 9.80. The summed E-state index contributed by atoms with van der Waals surface area (Å²) in [6, 6.07) is 22.9. The molecular weight excluding hydrogens is 508 g/mol. The molecule has 7 nitrogen and oxygen atoms in total. The summed E-state index contributed by atoms with van der Waals surface area (Å²) < 4.78 is 5.28. The third-order valence-corrected chi connectivity index (χ3v) is 7.71. The molecule has 2 aliphatic rings. The van der Waals surface area contributed by atoms with Crippen LogP contribution in [0.2, 0.25) is 5.02 Å². The first kappa shape index (κ1) is 25.0. The molecule has 9 heteroatoms. The number of carbonyl (C=O) groups excluding carboxylic acids is 2. The molecule has 2 aliphatic heterocycles. The van der Waals surface area contributed by atoms with Crippen LogP contribution in [0.1, 0.15) is 35.6 Å². The lowest BCUT2D eigenvalue weighted by Crippen LogP contribution is -2.25. The quantitative estimate of drug-likeness (QED) is 0.431. The van der Waals surface area contributed by atoms with Crippen molar-refractivity contribution in [3.8, 4) is 5.75 Å². The van der Waals surface area contributed by atoms with Gasteiger partial charge >= 0.3 is 0 Å². The second-order valence-corrected chi connectivity index (χ2v) is 10.4. The lowest BCUT2D eigenvalue weighted by Gasteiger charge is -2.23. The molecule has 0 bridgehead atoms. The Bertz CT molecular complexity index is 1390. The Kier molecular flexibility index (Phi) is 7.30. The van der Waals surface area contributed by atoms with Crippen molar-refractivity contribution in [2.45, 2.75) is 31.1 Å². The van der Waals surface area contributed by atoms with Crippen molar-refractivity contribution in [3.05, 3.63) is 94.5 Å². The van der Waals surface area contributed by atoms with Crippen LogP contribution >= 0.6 is 23.4 Å². The van der Waals surface area contributed by atoms with Crippen molar-refractivity contribution in [2.75, 3.05) is 12.4 Å². The van der Waals surface area contributed by atoms with E-state index in [2.05, 4.69) is 34.6 Å². The highest BCUT2D eigenvalue weighted by Crippen LogP contribution is 2.39. The molecule has 0 radical (unpaired) electrons. The van der Waals surface area contributed by atoms with Gasteiger partial charge in [-0.15, -0.1) is 0 Å². The summed E-state index contributed by atoms with van der Waals surface area (Å²) in [4.78, 5) is 29.8. The lowest BCUT2D eigenvalue weighted by atomic mass is 9.98. The molecule has 0 saturated carbocycles. The number of ether oxygens (including phenoxy) is 1. The maximum absolute atomic E-state index is 12.8. The van der Waals surface area contributed by atoms with Crippen LogP contribution in [0.3, 0.4) is 0 Å². The van der Waals surface area contributed by atoms with Crippen LogP contribution in [0.15, 0.2) is 82.9 Å². The number of hydrogen-bond donors (Lipinski definition) is 1. The number of rotatable bonds is 6. The van der Waals surface area contributed by atoms with E-state index >= 15 is 0 Å². The molecule has 37 heavy (non-hydrogen) atoms. The molecule has 188 valence electrons. The van der Waals surface area contributed by atoms with E-state index in [9.17, 15) is 9.59 Å². The number of hydrogen-bond acceptors (Lipinski definition) is 6. The van der Waals surface area contributed by atoms with Crippen molar-refractivity contribution >= 4 is 51.7 Å². The minimum Gasteiger partial charge on any atom is -0.497 e. The van der Waals surface area contributed by atoms with Gasteiger partial charge in [0, 0.05) is 12.8 Å². The van der Waals surface area contributed by atoms with Gasteiger partial charge in [0.2, 0.25) is 5.91 Å². The fourth-order valence-corrected chi connectivity index (χ4v) is 5.47. The van der Waals surface area contributed by atoms with E-state index in [1.54, 1.807) is 31.4 Å². The van der Waals surface area contributed by atoms with Gasteiger partial charge in [-0.05, 0) is 54.4 Å². The molecule has 5 rings (SSSR count). The van der Waals surface area contributed by atoms with Crippen LogP contribution in [0.5, 0.6) is 5.75 Å². The van der Waals surface area contributed by atoms with Crippen molar-refractivity contribution < 1.29 is 14.3 Å². The number of amidine groups is 1. The van der Waals surface area contributed by atoms with E-state index in [-0.39, 0.29) is 24.3 Å². The Balaban J connectivity index is 1.36. The van der Waals surface area contributed by atoms with Crippen molar-refractivity contribution in [2.24, 2.45) is 10.1 Å². The van der Waals surface area contributed by atoms with Gasteiger partial charge in [-0.25, -0.2) is 5.01 Å². The molecule has 0 aliphatic carbocycles. The van der Waals surface area contributed by atoms with Gasteiger partial charge in [0.05, 0.1) is 29.6 Å². The first-order chi connectivity index (χ1) is 17.9. The fourth-order valence-electron chi connectivity index (χ4n) is 4.23. The van der Waals surface area contributed by atoms with E-state index in [0.29, 0.717) is 22.3 Å². The number of carbonyl (C=O) groups is 2. The highest BCUT2D eigenvalue weighted by atomic mass is 35.5. The molecule has 0 fully saturated rings. The lowest BCUT2D eigenvalue weighted by molar-refractivity contribution is -0.121. The number of benzene rings is 3. The number of para-hydroxylation sites is 1. The summed E-state index contributed by atoms with van der Waals surface area (Å²) in [5.41, 5.74) is 4.62. The predicted octanol–water partition coefficient (Wildman–Crippen LogP) is 5.83. The second kappa shape index (κ2) is 10.8. The summed E-state index contributed by atoms with van der Waals surface area (Å²) in [6.07, 6.45) is 0.640. The largest absolute Gasteiger partial charge is 0.497 e. The number of thioether (sulfide) groups is 1. The van der Waals surface area contributed by atoms with Crippen LogP contribution in [0.25, 0.3) is 0 Å². The number of aryl methyl sites for hydroxylation is 1. The van der Waals surface area contributed by atoms with Crippen molar-refractivity contribution in [3.63, 3.8) is 0 Å². The van der Waals surface area contributed by atoms with Crippen molar-refractivity contribution in [1.29, 1.82) is 0 Å². The maximum atomic E-state index is 12.8. The summed E-state index contributed by atoms with van der Waals surface area (Å²) in [5.74, 6) is 0.132. The normalized spacial score (nSPS) is 19.0. The van der Waals surface area contributed by atoms with E-state index in [0.717, 1.165) is 28.2 Å². The Morgan fingerprint density at radius 2 is 1.84 bits per heavy atom. The topological polar surface area (TPSA) is 83.4 Å². The summed E-state index contributed by atoms with van der Waals surface area (Å²) in [6.45, 7) is 2.04. The number of nitrogens with zero attached hydrogens (tertiary/aromatic N) is 3. The molecule has 0 saturated heterocycles. The minimum atomic E-state index is -0.628. The summed E-state index contributed by atoms with van der Waals surface area (Å²) in [7, 11) is 1.63. The van der Waals surface area contributed by atoms with Gasteiger partial charge in [-0.2, -0.15) is 10.1 Å². The molecular formula is C28H25ClN4O3S. The highest BCUT2D eigenvalue weighted by Gasteiger charge is 2.39. The first-order valence-corrected chi connectivity index (χ1v) is 13.1. The Morgan fingerprint density at radius 1 is 1.11 bits per heavy atom. The number of methoxy groups -OCH3 is 1. The Morgan fingerprint density at radius 3 is 2.54 bits per heavy atom. The molecule has 3 aromatic rings. The first-order valence-electron chi connectivity index (χ1n) is 11.8. The van der Waals surface area contributed by atoms with Crippen LogP contribution < -0.4 is 10.1 Å². The van der Waals surface area contributed by atoms with E-state index in [4.69, 9.17) is 21.4 Å².